The highest BCUT2D eigenvalue weighted by Crippen LogP contribution is 2.06. The van der Waals surface area contributed by atoms with Crippen LogP contribution in [0.4, 0.5) is 0 Å². The van der Waals surface area contributed by atoms with Crippen LogP contribution in [0.25, 0.3) is 0 Å². The Balaban J connectivity index is 2.43. The Morgan fingerprint density at radius 1 is 1.44 bits per heavy atom. The zero-order valence-electron chi connectivity index (χ0n) is 8.46. The van der Waals surface area contributed by atoms with Gasteiger partial charge >= 0.3 is 5.97 Å². The monoisotopic (exact) mass is 256 g/mol. The molecule has 0 radical (unpaired) electrons. The summed E-state index contributed by atoms with van der Waals surface area (Å²) in [5, 5.41) is 11.4. The average molecular weight is 256 g/mol. The standard InChI is InChI=1S/C10H12N2O2S2/c13-9(14)6-11-10(15)12(16)7-8-4-2-1-3-5-8/h1-5,16H,6-7H2,(H,11,15)(H,13,14). The molecule has 1 aromatic rings. The molecule has 86 valence electrons. The predicted molar refractivity (Wildman–Crippen MR) is 69.2 cm³/mol. The van der Waals surface area contributed by atoms with Gasteiger partial charge in [-0.3, -0.25) is 9.10 Å². The number of aliphatic carboxylic acids is 1. The number of rotatable bonds is 4. The van der Waals surface area contributed by atoms with Crippen LogP contribution in [-0.2, 0) is 11.3 Å². The molecule has 0 aliphatic rings. The summed E-state index contributed by atoms with van der Waals surface area (Å²) in [7, 11) is 0. The smallest absolute Gasteiger partial charge is 0.322 e. The predicted octanol–water partition coefficient (Wildman–Crippen LogP) is 1.29. The van der Waals surface area contributed by atoms with E-state index in [2.05, 4.69) is 18.1 Å². The zero-order valence-corrected chi connectivity index (χ0v) is 10.2. The average Bonchev–Trinajstić information content (AvgIpc) is 2.27. The molecule has 2 N–H and O–H groups in total. The largest absolute Gasteiger partial charge is 0.480 e. The summed E-state index contributed by atoms with van der Waals surface area (Å²) in [6, 6.07) is 9.66. The summed E-state index contributed by atoms with van der Waals surface area (Å²) in [4.78, 5) is 10.3. The van der Waals surface area contributed by atoms with E-state index in [1.54, 1.807) is 0 Å². The topological polar surface area (TPSA) is 52.6 Å². The van der Waals surface area contributed by atoms with Crippen molar-refractivity contribution in [3.05, 3.63) is 35.9 Å². The van der Waals surface area contributed by atoms with Gasteiger partial charge in [-0.25, -0.2) is 0 Å². The normalized spacial score (nSPS) is 9.56. The van der Waals surface area contributed by atoms with Crippen molar-refractivity contribution in [3.8, 4) is 0 Å². The minimum atomic E-state index is -0.955. The number of carbonyl (C=O) groups is 1. The number of hydrogen-bond donors (Lipinski definition) is 3. The second-order valence-electron chi connectivity index (χ2n) is 3.10. The second-order valence-corrected chi connectivity index (χ2v) is 3.97. The van der Waals surface area contributed by atoms with Gasteiger partial charge in [0.1, 0.15) is 6.54 Å². The first-order valence-corrected chi connectivity index (χ1v) is 5.40. The fourth-order valence-corrected chi connectivity index (χ4v) is 1.44. The minimum absolute atomic E-state index is 0.204. The van der Waals surface area contributed by atoms with E-state index in [1.165, 1.54) is 4.31 Å². The molecule has 1 rings (SSSR count). The molecule has 0 saturated carbocycles. The first kappa shape index (κ1) is 12.8. The Kier molecular flexibility index (Phi) is 5.07. The Hall–Kier alpha value is -1.27. The molecule has 0 heterocycles. The molecular weight excluding hydrogens is 244 g/mol. The number of nitrogens with one attached hydrogen (secondary N) is 1. The van der Waals surface area contributed by atoms with Crippen LogP contribution in [0.15, 0.2) is 30.3 Å². The minimum Gasteiger partial charge on any atom is -0.480 e. The molecule has 0 aromatic heterocycles. The van der Waals surface area contributed by atoms with Crippen LogP contribution in [-0.4, -0.2) is 27.0 Å². The fourth-order valence-electron chi connectivity index (χ4n) is 1.07. The van der Waals surface area contributed by atoms with Gasteiger partial charge < -0.3 is 10.4 Å². The van der Waals surface area contributed by atoms with Crippen molar-refractivity contribution in [2.75, 3.05) is 6.54 Å². The number of nitrogens with zero attached hydrogens (tertiary/aromatic N) is 1. The molecule has 4 nitrogen and oxygen atoms in total. The van der Waals surface area contributed by atoms with Crippen molar-refractivity contribution in [2.24, 2.45) is 0 Å². The highest BCUT2D eigenvalue weighted by Gasteiger charge is 2.06. The van der Waals surface area contributed by atoms with Crippen LogP contribution < -0.4 is 5.32 Å². The Morgan fingerprint density at radius 2 is 2.06 bits per heavy atom. The quantitative estimate of drug-likeness (QED) is 0.560. The molecule has 16 heavy (non-hydrogen) atoms. The zero-order chi connectivity index (χ0) is 12.0. The molecule has 6 heteroatoms. The molecule has 0 amide bonds. The van der Waals surface area contributed by atoms with E-state index in [4.69, 9.17) is 17.3 Å². The van der Waals surface area contributed by atoms with Crippen molar-refractivity contribution in [2.45, 2.75) is 6.54 Å². The maximum absolute atomic E-state index is 10.3. The highest BCUT2D eigenvalue weighted by molar-refractivity contribution is 7.84. The lowest BCUT2D eigenvalue weighted by Gasteiger charge is -2.18. The summed E-state index contributed by atoms with van der Waals surface area (Å²) < 4.78 is 1.49. The van der Waals surface area contributed by atoms with Crippen LogP contribution in [0.1, 0.15) is 5.56 Å². The SMILES string of the molecule is O=C(O)CNC(=S)N(S)Cc1ccccc1. The first-order valence-electron chi connectivity index (χ1n) is 4.59. The van der Waals surface area contributed by atoms with Gasteiger partial charge in [-0.05, 0) is 17.8 Å². The summed E-state index contributed by atoms with van der Waals surface area (Å²) in [6.45, 7) is 0.320. The molecule has 0 fully saturated rings. The van der Waals surface area contributed by atoms with Gasteiger partial charge in [-0.15, -0.1) is 0 Å². The van der Waals surface area contributed by atoms with Crippen molar-refractivity contribution in [1.82, 2.24) is 9.62 Å². The number of thiocarbonyl (C=S) groups is 1. The summed E-state index contributed by atoms with van der Waals surface area (Å²) in [6.07, 6.45) is 0. The summed E-state index contributed by atoms with van der Waals surface area (Å²) in [5.41, 5.74) is 1.05. The van der Waals surface area contributed by atoms with Crippen LogP contribution in [0.2, 0.25) is 0 Å². The third-order valence-corrected chi connectivity index (χ3v) is 2.64. The molecule has 0 spiro atoms. The van der Waals surface area contributed by atoms with E-state index >= 15 is 0 Å². The van der Waals surface area contributed by atoms with Crippen LogP contribution in [0.3, 0.4) is 0 Å². The number of benzene rings is 1. The Labute approximate surface area is 105 Å². The maximum Gasteiger partial charge on any atom is 0.322 e. The Bertz CT molecular complexity index is 370. The van der Waals surface area contributed by atoms with Crippen LogP contribution >= 0.6 is 25.0 Å². The number of carboxylic acid groups (broad SMARTS) is 1. The van der Waals surface area contributed by atoms with Crippen molar-refractivity contribution < 1.29 is 9.90 Å². The third kappa shape index (κ3) is 4.50. The number of thiol groups is 1. The molecule has 0 unspecified atom stereocenters. The lowest BCUT2D eigenvalue weighted by molar-refractivity contribution is -0.135. The van der Waals surface area contributed by atoms with E-state index in [0.717, 1.165) is 5.56 Å². The number of carboxylic acids is 1. The Morgan fingerprint density at radius 3 is 2.62 bits per heavy atom. The van der Waals surface area contributed by atoms with Crippen molar-refractivity contribution in [3.63, 3.8) is 0 Å². The van der Waals surface area contributed by atoms with E-state index in [1.807, 2.05) is 30.3 Å². The van der Waals surface area contributed by atoms with Gasteiger partial charge in [-0.1, -0.05) is 43.1 Å². The van der Waals surface area contributed by atoms with E-state index < -0.39 is 5.97 Å². The van der Waals surface area contributed by atoms with Gasteiger partial charge in [0.2, 0.25) is 0 Å². The fraction of sp³-hybridized carbons (Fsp3) is 0.200. The summed E-state index contributed by atoms with van der Waals surface area (Å²) >= 11 is 9.14. The number of hydrogen-bond acceptors (Lipinski definition) is 3. The molecule has 0 atom stereocenters. The van der Waals surface area contributed by atoms with Crippen molar-refractivity contribution >= 4 is 36.1 Å². The lowest BCUT2D eigenvalue weighted by atomic mass is 10.2. The molecule has 0 aliphatic heterocycles. The molecule has 0 saturated heterocycles. The van der Waals surface area contributed by atoms with Gasteiger partial charge in [0.05, 0.1) is 6.54 Å². The molecule has 0 bridgehead atoms. The molecule has 0 aliphatic carbocycles. The van der Waals surface area contributed by atoms with Crippen molar-refractivity contribution in [1.29, 1.82) is 0 Å². The molecular formula is C10H12N2O2S2. The third-order valence-electron chi connectivity index (χ3n) is 1.80. The van der Waals surface area contributed by atoms with Crippen LogP contribution in [0.5, 0.6) is 0 Å². The highest BCUT2D eigenvalue weighted by atomic mass is 32.1. The first-order chi connectivity index (χ1) is 7.59. The van der Waals surface area contributed by atoms with E-state index in [9.17, 15) is 4.79 Å². The summed E-state index contributed by atoms with van der Waals surface area (Å²) in [5.74, 6) is -0.955. The maximum atomic E-state index is 10.3. The van der Waals surface area contributed by atoms with Gasteiger partial charge in [0, 0.05) is 0 Å². The van der Waals surface area contributed by atoms with Crippen LogP contribution in [0, 0.1) is 0 Å². The second kappa shape index (κ2) is 6.34. The van der Waals surface area contributed by atoms with E-state index in [0.29, 0.717) is 11.7 Å². The van der Waals surface area contributed by atoms with Gasteiger partial charge in [-0.2, -0.15) is 0 Å². The lowest BCUT2D eigenvalue weighted by Crippen LogP contribution is -2.36. The molecule has 1 aromatic carbocycles. The van der Waals surface area contributed by atoms with E-state index in [-0.39, 0.29) is 6.54 Å². The van der Waals surface area contributed by atoms with Gasteiger partial charge in [0.25, 0.3) is 0 Å². The van der Waals surface area contributed by atoms with Gasteiger partial charge in [0.15, 0.2) is 5.11 Å².